The molecule has 0 aliphatic carbocycles. The first-order chi connectivity index (χ1) is 13.7. The quantitative estimate of drug-likeness (QED) is 0.260. The number of hydrogen-bond donors (Lipinski definition) is 3. The molecule has 4 N–H and O–H groups in total. The number of nitrogens with two attached hydrogens (primary N) is 1. The summed E-state index contributed by atoms with van der Waals surface area (Å²) in [5.41, 5.74) is 11.3. The Labute approximate surface area is 164 Å². The molecule has 1 saturated heterocycles. The van der Waals surface area contributed by atoms with Crippen molar-refractivity contribution in [1.29, 1.82) is 0 Å². The van der Waals surface area contributed by atoms with Gasteiger partial charge in [-0.2, -0.15) is 20.1 Å². The lowest BCUT2D eigenvalue weighted by Crippen LogP contribution is -2.37. The van der Waals surface area contributed by atoms with E-state index >= 15 is 0 Å². The number of nitrogens with zero attached hydrogens (tertiary/aromatic N) is 5. The van der Waals surface area contributed by atoms with E-state index in [-0.39, 0.29) is 6.01 Å². The van der Waals surface area contributed by atoms with Gasteiger partial charge in [-0.25, -0.2) is 0 Å². The number of hydrogen-bond acceptors (Lipinski definition) is 10. The molecule has 0 bridgehead atoms. The van der Waals surface area contributed by atoms with Gasteiger partial charge in [-0.05, 0) is 31.7 Å². The minimum Gasteiger partial charge on any atom is -0.462 e. The first-order valence-corrected chi connectivity index (χ1v) is 9.17. The minimum absolute atomic E-state index is 0.267. The number of anilines is 3. The number of hydrazone groups is 1. The summed E-state index contributed by atoms with van der Waals surface area (Å²) in [5, 5.41) is 7.24. The van der Waals surface area contributed by atoms with Gasteiger partial charge in [-0.1, -0.05) is 6.07 Å². The standard InChI is InChI=1S/C18H26N8O2/c1-13-3-4-14(19)15(11-13)25-21-12-16-22-17(26-6-9-27-10-7-26)24-18(23-16)28-8-5-20-2/h3-4,11-12,20,25H,5-10,19H2,1-2H3/b21-12+. The molecule has 0 radical (unpaired) electrons. The van der Waals surface area contributed by atoms with Crippen molar-refractivity contribution in [2.24, 2.45) is 5.10 Å². The molecule has 0 atom stereocenters. The maximum atomic E-state index is 5.96. The van der Waals surface area contributed by atoms with E-state index < -0.39 is 0 Å². The van der Waals surface area contributed by atoms with Gasteiger partial charge in [0.1, 0.15) is 6.61 Å². The molecule has 1 fully saturated rings. The van der Waals surface area contributed by atoms with Gasteiger partial charge < -0.3 is 25.4 Å². The summed E-state index contributed by atoms with van der Waals surface area (Å²) >= 11 is 0. The van der Waals surface area contributed by atoms with E-state index in [1.807, 2.05) is 37.1 Å². The molecule has 3 rings (SSSR count). The molecule has 1 aromatic heterocycles. The molecule has 2 aromatic rings. The highest BCUT2D eigenvalue weighted by atomic mass is 16.5. The summed E-state index contributed by atoms with van der Waals surface area (Å²) in [6.07, 6.45) is 1.53. The fourth-order valence-corrected chi connectivity index (χ4v) is 2.56. The van der Waals surface area contributed by atoms with Crippen LogP contribution in [0.2, 0.25) is 0 Å². The Morgan fingerprint density at radius 2 is 2.11 bits per heavy atom. The van der Waals surface area contributed by atoms with Gasteiger partial charge in [0.25, 0.3) is 0 Å². The molecule has 10 heteroatoms. The second-order valence-electron chi connectivity index (χ2n) is 6.29. The topological polar surface area (TPSA) is 123 Å². The molecular formula is C18H26N8O2. The number of morpholine rings is 1. The Balaban J connectivity index is 1.77. The third-order valence-corrected chi connectivity index (χ3v) is 4.07. The van der Waals surface area contributed by atoms with Crippen molar-refractivity contribution in [3.8, 4) is 6.01 Å². The van der Waals surface area contributed by atoms with Gasteiger partial charge in [-0.15, -0.1) is 0 Å². The molecule has 0 unspecified atom stereocenters. The van der Waals surface area contributed by atoms with Crippen molar-refractivity contribution in [2.45, 2.75) is 6.92 Å². The first kappa shape index (κ1) is 19.8. The number of likely N-dealkylation sites (N-methyl/N-ethyl adjacent to an activating group) is 1. The Kier molecular flexibility index (Phi) is 6.93. The third kappa shape index (κ3) is 5.51. The van der Waals surface area contributed by atoms with Gasteiger partial charge in [-0.3, -0.25) is 5.43 Å². The van der Waals surface area contributed by atoms with E-state index in [4.69, 9.17) is 15.2 Å². The summed E-state index contributed by atoms with van der Waals surface area (Å²) in [4.78, 5) is 15.3. The lowest BCUT2D eigenvalue weighted by atomic mass is 10.2. The number of rotatable bonds is 8. The second-order valence-corrected chi connectivity index (χ2v) is 6.29. The van der Waals surface area contributed by atoms with E-state index in [1.165, 1.54) is 6.21 Å². The zero-order valence-corrected chi connectivity index (χ0v) is 16.2. The van der Waals surface area contributed by atoms with Crippen molar-refractivity contribution in [1.82, 2.24) is 20.3 Å². The zero-order chi connectivity index (χ0) is 19.8. The highest BCUT2D eigenvalue weighted by molar-refractivity contribution is 5.77. The highest BCUT2D eigenvalue weighted by Crippen LogP contribution is 2.19. The van der Waals surface area contributed by atoms with Crippen LogP contribution in [0.25, 0.3) is 0 Å². The molecule has 1 aliphatic rings. The van der Waals surface area contributed by atoms with Crippen molar-refractivity contribution in [2.75, 3.05) is 62.6 Å². The number of nitrogen functional groups attached to an aromatic ring is 1. The molecule has 150 valence electrons. The lowest BCUT2D eigenvalue weighted by molar-refractivity contribution is 0.122. The third-order valence-electron chi connectivity index (χ3n) is 4.07. The fraction of sp³-hybridized carbons (Fsp3) is 0.444. The molecule has 0 spiro atoms. The number of nitrogens with one attached hydrogen (secondary N) is 2. The predicted molar refractivity (Wildman–Crippen MR) is 109 cm³/mol. The summed E-state index contributed by atoms with van der Waals surface area (Å²) in [7, 11) is 1.86. The van der Waals surface area contributed by atoms with Gasteiger partial charge in [0, 0.05) is 19.6 Å². The SMILES string of the molecule is CNCCOc1nc(/C=N/Nc2cc(C)ccc2N)nc(N2CCOCC2)n1. The van der Waals surface area contributed by atoms with Crippen molar-refractivity contribution in [3.05, 3.63) is 29.6 Å². The zero-order valence-electron chi connectivity index (χ0n) is 16.2. The molecule has 28 heavy (non-hydrogen) atoms. The van der Waals surface area contributed by atoms with Crippen LogP contribution in [-0.2, 0) is 4.74 Å². The Hall–Kier alpha value is -2.98. The van der Waals surface area contributed by atoms with Crippen LogP contribution < -0.4 is 26.1 Å². The number of benzene rings is 1. The van der Waals surface area contributed by atoms with Crippen LogP contribution in [0, 0.1) is 6.92 Å². The molecule has 2 heterocycles. The average molecular weight is 386 g/mol. The lowest BCUT2D eigenvalue weighted by Gasteiger charge is -2.26. The largest absolute Gasteiger partial charge is 0.462 e. The molecule has 0 saturated carbocycles. The van der Waals surface area contributed by atoms with E-state index in [2.05, 4.69) is 30.8 Å². The van der Waals surface area contributed by atoms with Crippen molar-refractivity contribution in [3.63, 3.8) is 0 Å². The normalized spacial score (nSPS) is 14.4. The van der Waals surface area contributed by atoms with Crippen LogP contribution in [0.5, 0.6) is 6.01 Å². The van der Waals surface area contributed by atoms with Crippen LogP contribution in [0.15, 0.2) is 23.3 Å². The highest BCUT2D eigenvalue weighted by Gasteiger charge is 2.16. The molecule has 10 nitrogen and oxygen atoms in total. The number of aromatic nitrogens is 3. The van der Waals surface area contributed by atoms with Gasteiger partial charge in [0.05, 0.1) is 30.8 Å². The number of ether oxygens (including phenoxy) is 2. The van der Waals surface area contributed by atoms with Crippen LogP contribution >= 0.6 is 0 Å². The van der Waals surface area contributed by atoms with Crippen molar-refractivity contribution < 1.29 is 9.47 Å². The average Bonchev–Trinajstić information content (AvgIpc) is 2.71. The predicted octanol–water partition coefficient (Wildman–Crippen LogP) is 0.643. The van der Waals surface area contributed by atoms with E-state index in [1.54, 1.807) is 0 Å². The summed E-state index contributed by atoms with van der Waals surface area (Å²) < 4.78 is 11.0. The van der Waals surface area contributed by atoms with E-state index in [9.17, 15) is 0 Å². The Bertz CT molecular complexity index is 808. The van der Waals surface area contributed by atoms with Crippen molar-refractivity contribution >= 4 is 23.5 Å². The van der Waals surface area contributed by atoms with Crippen LogP contribution in [-0.4, -0.2) is 67.7 Å². The fourth-order valence-electron chi connectivity index (χ4n) is 2.56. The first-order valence-electron chi connectivity index (χ1n) is 9.17. The smallest absolute Gasteiger partial charge is 0.321 e. The monoisotopic (exact) mass is 386 g/mol. The maximum Gasteiger partial charge on any atom is 0.321 e. The molecule has 1 aliphatic heterocycles. The summed E-state index contributed by atoms with van der Waals surface area (Å²) in [6.45, 7) is 5.85. The minimum atomic E-state index is 0.267. The van der Waals surface area contributed by atoms with E-state index in [0.717, 1.165) is 11.3 Å². The molecule has 1 aromatic carbocycles. The van der Waals surface area contributed by atoms with Gasteiger partial charge >= 0.3 is 6.01 Å². The number of aryl methyl sites for hydroxylation is 1. The Morgan fingerprint density at radius 3 is 2.89 bits per heavy atom. The van der Waals surface area contributed by atoms with Gasteiger partial charge in [0.2, 0.25) is 5.95 Å². The second kappa shape index (κ2) is 9.81. The maximum absolute atomic E-state index is 5.96. The van der Waals surface area contributed by atoms with E-state index in [0.29, 0.717) is 56.9 Å². The van der Waals surface area contributed by atoms with Crippen LogP contribution in [0.4, 0.5) is 17.3 Å². The molecule has 0 amide bonds. The van der Waals surface area contributed by atoms with Crippen LogP contribution in [0.1, 0.15) is 11.4 Å². The molecular weight excluding hydrogens is 360 g/mol. The van der Waals surface area contributed by atoms with Crippen LogP contribution in [0.3, 0.4) is 0 Å². The summed E-state index contributed by atoms with van der Waals surface area (Å²) in [6, 6.07) is 5.97. The Morgan fingerprint density at radius 1 is 1.29 bits per heavy atom. The summed E-state index contributed by atoms with van der Waals surface area (Å²) in [5.74, 6) is 0.948. The van der Waals surface area contributed by atoms with Gasteiger partial charge in [0.15, 0.2) is 5.82 Å².